The molecule has 2 aromatic carbocycles. The molecule has 0 saturated carbocycles. The molecule has 3 aromatic rings. The predicted molar refractivity (Wildman–Crippen MR) is 98.5 cm³/mol. The van der Waals surface area contributed by atoms with E-state index < -0.39 is 0 Å². The first-order valence-corrected chi connectivity index (χ1v) is 8.17. The summed E-state index contributed by atoms with van der Waals surface area (Å²) in [5, 5.41) is 5.28. The number of para-hydroxylation sites is 1. The Balaban J connectivity index is 1.81. The van der Waals surface area contributed by atoms with Crippen molar-refractivity contribution in [2.24, 2.45) is 5.10 Å². The van der Waals surface area contributed by atoms with Crippen LogP contribution in [0.1, 0.15) is 34.8 Å². The largest absolute Gasteiger partial charge is 0.347 e. The molecule has 0 aliphatic heterocycles. The van der Waals surface area contributed by atoms with Crippen molar-refractivity contribution in [1.82, 2.24) is 9.99 Å². The lowest BCUT2D eigenvalue weighted by Gasteiger charge is -2.02. The van der Waals surface area contributed by atoms with Crippen LogP contribution in [-0.2, 0) is 6.54 Å². The van der Waals surface area contributed by atoms with Crippen molar-refractivity contribution in [1.29, 1.82) is 0 Å². The number of hydrazone groups is 1. The Kier molecular flexibility index (Phi) is 4.75. The van der Waals surface area contributed by atoms with E-state index >= 15 is 0 Å². The molecule has 3 rings (SSSR count). The van der Waals surface area contributed by atoms with Gasteiger partial charge in [0.2, 0.25) is 0 Å². The van der Waals surface area contributed by atoms with Gasteiger partial charge < -0.3 is 4.57 Å². The summed E-state index contributed by atoms with van der Waals surface area (Å²) >= 11 is 0. The fraction of sp³-hybridized carbons (Fsp3) is 0.200. The summed E-state index contributed by atoms with van der Waals surface area (Å²) in [4.78, 5) is 12.2. The van der Waals surface area contributed by atoms with Gasteiger partial charge in [-0.05, 0) is 31.0 Å². The molecule has 1 N–H and O–H groups in total. The molecule has 0 atom stereocenters. The Labute approximate surface area is 141 Å². The van der Waals surface area contributed by atoms with Gasteiger partial charge in [-0.3, -0.25) is 4.79 Å². The van der Waals surface area contributed by atoms with Crippen molar-refractivity contribution in [2.45, 2.75) is 26.8 Å². The number of hydrogen-bond acceptors (Lipinski definition) is 2. The van der Waals surface area contributed by atoms with E-state index in [0.29, 0.717) is 5.56 Å². The van der Waals surface area contributed by atoms with Crippen LogP contribution >= 0.6 is 0 Å². The molecular weight excluding hydrogens is 298 g/mol. The highest BCUT2D eigenvalue weighted by Gasteiger charge is 2.08. The molecular formula is C20H21N3O. The van der Waals surface area contributed by atoms with Crippen LogP contribution < -0.4 is 5.43 Å². The number of carbonyl (C=O) groups is 1. The number of nitrogens with one attached hydrogen (secondary N) is 1. The van der Waals surface area contributed by atoms with Crippen LogP contribution in [-0.4, -0.2) is 16.7 Å². The minimum absolute atomic E-state index is 0.193. The van der Waals surface area contributed by atoms with E-state index in [0.717, 1.165) is 29.5 Å². The lowest BCUT2D eigenvalue weighted by molar-refractivity contribution is 0.0954. The Morgan fingerprint density at radius 3 is 2.71 bits per heavy atom. The van der Waals surface area contributed by atoms with Gasteiger partial charge in [0.15, 0.2) is 0 Å². The SMILES string of the molecule is CCCn1cc(/C=N\NC(=O)c2ccccc2C)c2ccccc21. The lowest BCUT2D eigenvalue weighted by Crippen LogP contribution is -2.18. The molecule has 0 bridgehead atoms. The molecule has 0 radical (unpaired) electrons. The third-order valence-electron chi connectivity index (χ3n) is 4.04. The molecule has 0 spiro atoms. The summed E-state index contributed by atoms with van der Waals surface area (Å²) in [5.41, 5.74) is 6.38. The van der Waals surface area contributed by atoms with Crippen LogP contribution in [0, 0.1) is 6.92 Å². The van der Waals surface area contributed by atoms with Gasteiger partial charge in [-0.1, -0.05) is 43.3 Å². The van der Waals surface area contributed by atoms with E-state index in [9.17, 15) is 4.79 Å². The number of aryl methyl sites for hydroxylation is 2. The molecule has 0 unspecified atom stereocenters. The van der Waals surface area contributed by atoms with Crippen LogP contribution in [0.5, 0.6) is 0 Å². The first-order chi connectivity index (χ1) is 11.7. The average Bonchev–Trinajstić information content (AvgIpc) is 2.94. The van der Waals surface area contributed by atoms with Gasteiger partial charge in [0.25, 0.3) is 5.91 Å². The number of aromatic nitrogens is 1. The average molecular weight is 319 g/mol. The van der Waals surface area contributed by atoms with E-state index in [1.807, 2.05) is 37.3 Å². The Hall–Kier alpha value is -2.88. The Morgan fingerprint density at radius 1 is 1.17 bits per heavy atom. The summed E-state index contributed by atoms with van der Waals surface area (Å²) in [6.45, 7) is 5.03. The first-order valence-electron chi connectivity index (χ1n) is 8.17. The van der Waals surface area contributed by atoms with Gasteiger partial charge in [0.05, 0.1) is 6.21 Å². The topological polar surface area (TPSA) is 46.4 Å². The van der Waals surface area contributed by atoms with E-state index in [1.165, 1.54) is 5.52 Å². The third kappa shape index (κ3) is 3.23. The van der Waals surface area contributed by atoms with E-state index in [1.54, 1.807) is 12.3 Å². The second kappa shape index (κ2) is 7.13. The standard InChI is InChI=1S/C20H21N3O/c1-3-12-23-14-16(18-10-6-7-11-19(18)23)13-21-22-20(24)17-9-5-4-8-15(17)2/h4-11,13-14H,3,12H2,1-2H3,(H,22,24)/b21-13-. The van der Waals surface area contributed by atoms with Crippen molar-refractivity contribution in [3.05, 3.63) is 71.4 Å². The Bertz CT molecular complexity index is 893. The molecule has 1 amide bonds. The quantitative estimate of drug-likeness (QED) is 0.558. The second-order valence-electron chi connectivity index (χ2n) is 5.81. The van der Waals surface area contributed by atoms with E-state index in [-0.39, 0.29) is 5.91 Å². The summed E-state index contributed by atoms with van der Waals surface area (Å²) in [7, 11) is 0. The van der Waals surface area contributed by atoms with Gasteiger partial charge in [0, 0.05) is 34.8 Å². The van der Waals surface area contributed by atoms with Gasteiger partial charge in [-0.2, -0.15) is 5.10 Å². The molecule has 1 heterocycles. The maximum absolute atomic E-state index is 12.2. The maximum atomic E-state index is 12.2. The summed E-state index contributed by atoms with van der Waals surface area (Å²) in [6.07, 6.45) is 4.86. The predicted octanol–water partition coefficient (Wildman–Crippen LogP) is 4.12. The molecule has 24 heavy (non-hydrogen) atoms. The summed E-state index contributed by atoms with van der Waals surface area (Å²) in [6, 6.07) is 15.7. The smallest absolute Gasteiger partial charge is 0.271 e. The molecule has 1 aromatic heterocycles. The molecule has 0 aliphatic rings. The lowest BCUT2D eigenvalue weighted by atomic mass is 10.1. The zero-order valence-electron chi connectivity index (χ0n) is 14.0. The van der Waals surface area contributed by atoms with E-state index in [4.69, 9.17) is 0 Å². The summed E-state index contributed by atoms with van der Waals surface area (Å²) in [5.74, 6) is -0.193. The summed E-state index contributed by atoms with van der Waals surface area (Å²) < 4.78 is 2.22. The number of amides is 1. The van der Waals surface area contributed by atoms with Crippen molar-refractivity contribution < 1.29 is 4.79 Å². The fourth-order valence-electron chi connectivity index (χ4n) is 2.85. The zero-order valence-corrected chi connectivity index (χ0v) is 14.0. The molecule has 0 fully saturated rings. The molecule has 4 heteroatoms. The highest BCUT2D eigenvalue weighted by Crippen LogP contribution is 2.20. The number of fused-ring (bicyclic) bond motifs is 1. The second-order valence-corrected chi connectivity index (χ2v) is 5.81. The molecule has 4 nitrogen and oxygen atoms in total. The highest BCUT2D eigenvalue weighted by molar-refractivity contribution is 6.00. The van der Waals surface area contributed by atoms with Crippen LogP contribution in [0.4, 0.5) is 0 Å². The van der Waals surface area contributed by atoms with Crippen LogP contribution in [0.3, 0.4) is 0 Å². The number of hydrogen-bond donors (Lipinski definition) is 1. The maximum Gasteiger partial charge on any atom is 0.271 e. The minimum atomic E-state index is -0.193. The van der Waals surface area contributed by atoms with Gasteiger partial charge >= 0.3 is 0 Å². The van der Waals surface area contributed by atoms with Gasteiger partial charge in [-0.25, -0.2) is 5.43 Å². The number of nitrogens with zero attached hydrogens (tertiary/aromatic N) is 2. The third-order valence-corrected chi connectivity index (χ3v) is 4.04. The number of rotatable bonds is 5. The highest BCUT2D eigenvalue weighted by atomic mass is 16.2. The number of benzene rings is 2. The van der Waals surface area contributed by atoms with Crippen LogP contribution in [0.15, 0.2) is 59.8 Å². The van der Waals surface area contributed by atoms with Crippen molar-refractivity contribution in [2.75, 3.05) is 0 Å². The normalized spacial score (nSPS) is 11.2. The molecule has 122 valence electrons. The van der Waals surface area contributed by atoms with Crippen LogP contribution in [0.25, 0.3) is 10.9 Å². The van der Waals surface area contributed by atoms with Crippen LogP contribution in [0.2, 0.25) is 0 Å². The molecule has 0 aliphatic carbocycles. The number of carbonyl (C=O) groups excluding carboxylic acids is 1. The van der Waals surface area contributed by atoms with E-state index in [2.05, 4.69) is 40.3 Å². The first kappa shape index (κ1) is 16.0. The van der Waals surface area contributed by atoms with Gasteiger partial charge in [0.1, 0.15) is 0 Å². The fourth-order valence-corrected chi connectivity index (χ4v) is 2.85. The Morgan fingerprint density at radius 2 is 1.92 bits per heavy atom. The van der Waals surface area contributed by atoms with Crippen molar-refractivity contribution in [3.8, 4) is 0 Å². The van der Waals surface area contributed by atoms with Crippen molar-refractivity contribution >= 4 is 23.0 Å². The van der Waals surface area contributed by atoms with Gasteiger partial charge in [-0.15, -0.1) is 0 Å². The molecule has 0 saturated heterocycles. The minimum Gasteiger partial charge on any atom is -0.347 e. The zero-order chi connectivity index (χ0) is 16.9. The monoisotopic (exact) mass is 319 g/mol. The van der Waals surface area contributed by atoms with Crippen molar-refractivity contribution in [3.63, 3.8) is 0 Å².